The van der Waals surface area contributed by atoms with Crippen LogP contribution in [0.25, 0.3) is 22.1 Å². The minimum atomic E-state index is -4.57. The molecule has 0 bridgehead atoms. The van der Waals surface area contributed by atoms with Gasteiger partial charge in [0.2, 0.25) is 6.08 Å². The summed E-state index contributed by atoms with van der Waals surface area (Å²) in [4.78, 5) is 73.7. The third-order valence-corrected chi connectivity index (χ3v) is 12.4. The number of hydrogen-bond donors (Lipinski definition) is 3. The Hall–Kier alpha value is -9.17. The van der Waals surface area contributed by atoms with Gasteiger partial charge in [-0.15, -0.1) is 0 Å². The highest BCUT2D eigenvalue weighted by Crippen LogP contribution is 2.33. The number of aromatic nitrogens is 4. The molecule has 8 aromatic rings. The highest BCUT2D eigenvalue weighted by atomic mass is 19.4. The highest BCUT2D eigenvalue weighted by molar-refractivity contribution is 6.12. The van der Waals surface area contributed by atoms with E-state index in [2.05, 4.69) is 45.4 Å². The van der Waals surface area contributed by atoms with Crippen LogP contribution in [-0.2, 0) is 17.1 Å². The van der Waals surface area contributed by atoms with E-state index in [9.17, 15) is 54.3 Å². The summed E-state index contributed by atoms with van der Waals surface area (Å²) in [7, 11) is 0. The lowest BCUT2D eigenvalue weighted by Crippen LogP contribution is -2.30. The number of ketones is 2. The molecule has 2 aliphatic heterocycles. The molecule has 0 unspecified atom stereocenters. The lowest BCUT2D eigenvalue weighted by atomic mass is 10.0. The van der Waals surface area contributed by atoms with Crippen LogP contribution in [0.1, 0.15) is 81.5 Å². The van der Waals surface area contributed by atoms with Gasteiger partial charge in [-0.1, -0.05) is 12.1 Å². The number of carbonyl (C=O) groups excluding carboxylic acids is 4. The number of carbonyl (C=O) groups is 3. The Morgan fingerprint density at radius 3 is 1.53 bits per heavy atom. The number of nitrogens with two attached hydrogens (primary N) is 1. The number of rotatable bonds is 9. The largest absolute Gasteiger partial charge is 0.416 e. The number of nitrogens with zero attached hydrogens (tertiary/aromatic N) is 7. The third kappa shape index (κ3) is 14.0. The van der Waals surface area contributed by atoms with E-state index in [-0.39, 0.29) is 33.8 Å². The van der Waals surface area contributed by atoms with Gasteiger partial charge in [-0.2, -0.15) is 31.3 Å². The van der Waals surface area contributed by atoms with Crippen molar-refractivity contribution in [3.05, 3.63) is 179 Å². The summed E-state index contributed by atoms with van der Waals surface area (Å²) in [6.45, 7) is 3.69. The molecule has 0 aliphatic carbocycles. The first-order valence-corrected chi connectivity index (χ1v) is 24.3. The number of benzene rings is 6. The normalized spacial score (nSPS) is 13.5. The summed E-state index contributed by atoms with van der Waals surface area (Å²) < 4.78 is 104. The molecule has 22 heteroatoms. The van der Waals surface area contributed by atoms with Crippen LogP contribution >= 0.6 is 0 Å². The number of nitrogen functional groups attached to an aromatic ring is 1. The zero-order chi connectivity index (χ0) is 55.6. The number of isocyanates is 1. The fourth-order valence-corrected chi connectivity index (χ4v) is 8.51. The Bertz CT molecular complexity index is 3560. The van der Waals surface area contributed by atoms with Crippen molar-refractivity contribution in [3.8, 4) is 0 Å². The molecule has 2 fully saturated rings. The number of fused-ring (bicyclic) bond motifs is 2. The standard InChI is InChI=1S/C28H23F4N5O2.C20H19FN4O.C8H4F3NO/c29-22-9-8-20(35-27(39)34-19-6-4-5-18(14-19)28(30,31)32)15-21(22)26(38)17-7-10-23-24(13-17)36-25(16-33-23)37-11-2-1-3-12-37;21-16-6-5-14(22)11-15(16)20(26)13-4-7-17-18(10-13)24-19(12-23-17)25-8-2-1-3-9-25;9-8(10,11)6-2-1-3-7(4-6)12-5-13/h4-10,13-16H,1-3,11-12H2,(H2,34,35,39);4-7,10-12H,1-3,8-9,22H2;1-4H. The zero-order valence-electron chi connectivity index (χ0n) is 41.1. The van der Waals surface area contributed by atoms with Crippen LogP contribution < -0.4 is 26.2 Å². The lowest BCUT2D eigenvalue weighted by Gasteiger charge is -2.27. The van der Waals surface area contributed by atoms with E-state index in [1.54, 1.807) is 42.7 Å². The molecule has 0 atom stereocenters. The van der Waals surface area contributed by atoms with Crippen molar-refractivity contribution in [1.29, 1.82) is 0 Å². The number of alkyl halides is 6. The second-order valence-corrected chi connectivity index (χ2v) is 18.0. The molecule has 4 heterocycles. The van der Waals surface area contributed by atoms with Crippen molar-refractivity contribution >= 4 is 80.1 Å². The Kier molecular flexibility index (Phi) is 17.1. The summed E-state index contributed by atoms with van der Waals surface area (Å²) in [5, 5.41) is 4.72. The predicted octanol–water partition coefficient (Wildman–Crippen LogP) is 12.9. The van der Waals surface area contributed by atoms with Crippen molar-refractivity contribution in [3.63, 3.8) is 0 Å². The fraction of sp³-hybridized carbons (Fsp3) is 0.214. The van der Waals surface area contributed by atoms with Gasteiger partial charge >= 0.3 is 18.4 Å². The molecule has 0 saturated carbocycles. The van der Waals surface area contributed by atoms with Crippen LogP contribution in [0.15, 0.2) is 139 Å². The molecule has 10 rings (SSSR count). The smallest absolute Gasteiger partial charge is 0.399 e. The number of nitrogens with one attached hydrogen (secondary N) is 2. The maximum atomic E-state index is 14.7. The minimum absolute atomic E-state index is 0.0375. The van der Waals surface area contributed by atoms with Crippen molar-refractivity contribution in [2.24, 2.45) is 4.99 Å². The molecule has 14 nitrogen and oxygen atoms in total. The van der Waals surface area contributed by atoms with Crippen molar-refractivity contribution < 1.29 is 54.3 Å². The van der Waals surface area contributed by atoms with E-state index >= 15 is 0 Å². The van der Waals surface area contributed by atoms with Gasteiger partial charge < -0.3 is 26.2 Å². The Morgan fingerprint density at radius 2 is 1.01 bits per heavy atom. The zero-order valence-corrected chi connectivity index (χ0v) is 41.1. The number of aliphatic imine (C=N–C) groups is 1. The van der Waals surface area contributed by atoms with Gasteiger partial charge in [0.15, 0.2) is 11.6 Å². The Balaban J connectivity index is 0.000000176. The summed E-state index contributed by atoms with van der Waals surface area (Å²) >= 11 is 0. The van der Waals surface area contributed by atoms with Gasteiger partial charge in [0.25, 0.3) is 0 Å². The van der Waals surface area contributed by atoms with Crippen LogP contribution in [0.4, 0.5) is 74.3 Å². The van der Waals surface area contributed by atoms with E-state index in [0.717, 1.165) is 99.9 Å². The molecule has 2 aliphatic rings. The average molecular weight is 1080 g/mol. The molecular weight excluding hydrogens is 1030 g/mol. The van der Waals surface area contributed by atoms with Gasteiger partial charge in [-0.3, -0.25) is 19.6 Å². The van der Waals surface area contributed by atoms with E-state index in [1.165, 1.54) is 73.5 Å². The molecule has 2 saturated heterocycles. The van der Waals surface area contributed by atoms with Gasteiger partial charge in [0.05, 0.1) is 62.4 Å². The van der Waals surface area contributed by atoms with Crippen LogP contribution in [0.3, 0.4) is 0 Å². The number of anilines is 5. The van der Waals surface area contributed by atoms with E-state index in [1.807, 2.05) is 0 Å². The maximum Gasteiger partial charge on any atom is 0.416 e. The van der Waals surface area contributed by atoms with Crippen molar-refractivity contribution in [1.82, 2.24) is 19.9 Å². The first-order valence-electron chi connectivity index (χ1n) is 24.3. The second-order valence-electron chi connectivity index (χ2n) is 18.0. The molecule has 78 heavy (non-hydrogen) atoms. The van der Waals surface area contributed by atoms with Crippen molar-refractivity contribution in [2.45, 2.75) is 50.9 Å². The number of hydrogen-bond acceptors (Lipinski definition) is 12. The van der Waals surface area contributed by atoms with Gasteiger partial charge in [-0.05, 0) is 148 Å². The third-order valence-electron chi connectivity index (χ3n) is 12.4. The Labute approximate surface area is 440 Å². The molecule has 400 valence electrons. The maximum absolute atomic E-state index is 14.7. The van der Waals surface area contributed by atoms with Gasteiger partial charge in [0, 0.05) is 54.4 Å². The quantitative estimate of drug-likeness (QED) is 0.0410. The van der Waals surface area contributed by atoms with Crippen LogP contribution in [0, 0.1) is 11.6 Å². The first kappa shape index (κ1) is 55.1. The fourth-order valence-electron chi connectivity index (χ4n) is 8.51. The molecule has 2 aromatic heterocycles. The van der Waals surface area contributed by atoms with Crippen LogP contribution in [-0.4, -0.2) is 69.8 Å². The molecule has 4 N–H and O–H groups in total. The monoisotopic (exact) mass is 1070 g/mol. The molecular formula is C56H46F8N10O4. The summed E-state index contributed by atoms with van der Waals surface area (Å²) in [5.74, 6) is -0.884. The lowest BCUT2D eigenvalue weighted by molar-refractivity contribution is -0.138. The molecule has 6 aromatic carbocycles. The number of amides is 2. The predicted molar refractivity (Wildman–Crippen MR) is 279 cm³/mol. The number of piperidine rings is 2. The van der Waals surface area contributed by atoms with Gasteiger partial charge in [0.1, 0.15) is 23.3 Å². The van der Waals surface area contributed by atoms with Crippen molar-refractivity contribution in [2.75, 3.05) is 52.3 Å². The number of halogens is 8. The summed E-state index contributed by atoms with van der Waals surface area (Å²) in [6, 6.07) is 24.6. The topological polar surface area (TPSA) is 189 Å². The highest BCUT2D eigenvalue weighted by Gasteiger charge is 2.31. The minimum Gasteiger partial charge on any atom is -0.399 e. The first-order chi connectivity index (χ1) is 37.3. The SMILES string of the molecule is Nc1ccc(F)c(C(=O)c2ccc3ncc(N4CCCCC4)nc3c2)c1.O=C(Nc1cccc(C(F)(F)F)c1)Nc1ccc(F)c(C(=O)c2ccc3ncc(N4CCCCC4)nc3c2)c1.O=C=Nc1cccc(C(F)(F)F)c1. The molecule has 0 spiro atoms. The number of urea groups is 1. The van der Waals surface area contributed by atoms with E-state index in [0.29, 0.717) is 33.3 Å². The van der Waals surface area contributed by atoms with E-state index in [4.69, 9.17) is 5.73 Å². The van der Waals surface area contributed by atoms with Crippen LogP contribution in [0.2, 0.25) is 0 Å². The second kappa shape index (κ2) is 24.2. The average Bonchev–Trinajstić information content (AvgIpc) is 3.48. The van der Waals surface area contributed by atoms with Crippen LogP contribution in [0.5, 0.6) is 0 Å². The molecule has 0 radical (unpaired) electrons. The Morgan fingerprint density at radius 1 is 0.538 bits per heavy atom. The summed E-state index contributed by atoms with van der Waals surface area (Å²) in [6.07, 6.45) is 2.51. The van der Waals surface area contributed by atoms with Gasteiger partial charge in [-0.25, -0.2) is 28.3 Å². The van der Waals surface area contributed by atoms with E-state index < -0.39 is 52.7 Å². The molecule has 2 amide bonds. The summed E-state index contributed by atoms with van der Waals surface area (Å²) in [5.41, 5.74) is 6.90.